The Morgan fingerprint density at radius 3 is 2.55 bits per heavy atom. The summed E-state index contributed by atoms with van der Waals surface area (Å²) in [4.78, 5) is 23.4. The van der Waals surface area contributed by atoms with E-state index in [1.54, 1.807) is 6.07 Å². The molecular formula is C14H12FNO4. The van der Waals surface area contributed by atoms with Crippen molar-refractivity contribution < 1.29 is 23.1 Å². The number of rotatable bonds is 4. The van der Waals surface area contributed by atoms with Crippen molar-refractivity contribution >= 4 is 17.6 Å². The molecule has 1 N–H and O–H groups in total. The molecule has 1 aromatic heterocycles. The van der Waals surface area contributed by atoms with Crippen LogP contribution in [-0.4, -0.2) is 18.0 Å². The lowest BCUT2D eigenvalue weighted by molar-refractivity contribution is -0.123. The fourth-order valence-corrected chi connectivity index (χ4v) is 1.44. The highest BCUT2D eigenvalue weighted by Crippen LogP contribution is 2.10. The minimum Gasteiger partial charge on any atom is -0.457 e. The third kappa shape index (κ3) is 3.44. The van der Waals surface area contributed by atoms with Gasteiger partial charge in [-0.3, -0.25) is 4.79 Å². The van der Waals surface area contributed by atoms with Crippen molar-refractivity contribution in [2.24, 2.45) is 0 Å². The van der Waals surface area contributed by atoms with Crippen molar-refractivity contribution in [2.75, 3.05) is 5.32 Å². The Kier molecular flexibility index (Phi) is 4.14. The van der Waals surface area contributed by atoms with E-state index in [1.807, 2.05) is 0 Å². The zero-order chi connectivity index (χ0) is 14.5. The molecule has 0 aliphatic rings. The highest BCUT2D eigenvalue weighted by Gasteiger charge is 2.20. The van der Waals surface area contributed by atoms with Gasteiger partial charge in [0.25, 0.3) is 5.91 Å². The van der Waals surface area contributed by atoms with Crippen molar-refractivity contribution in [3.05, 3.63) is 54.2 Å². The van der Waals surface area contributed by atoms with Crippen molar-refractivity contribution in [1.29, 1.82) is 0 Å². The summed E-state index contributed by atoms with van der Waals surface area (Å²) in [7, 11) is 0. The van der Waals surface area contributed by atoms with E-state index in [0.717, 1.165) is 0 Å². The van der Waals surface area contributed by atoms with Crippen molar-refractivity contribution in [3.63, 3.8) is 0 Å². The number of carbonyl (C=O) groups excluding carboxylic acids is 2. The van der Waals surface area contributed by atoms with Crippen molar-refractivity contribution in [1.82, 2.24) is 0 Å². The van der Waals surface area contributed by atoms with E-state index in [1.165, 1.54) is 43.5 Å². The SMILES string of the molecule is C[C@@H](OC(=O)c1ccco1)C(=O)Nc1ccc(F)cc1. The summed E-state index contributed by atoms with van der Waals surface area (Å²) >= 11 is 0. The van der Waals surface area contributed by atoms with Crippen LogP contribution in [0.5, 0.6) is 0 Å². The summed E-state index contributed by atoms with van der Waals surface area (Å²) in [5.41, 5.74) is 0.414. The minimum atomic E-state index is -1.00. The smallest absolute Gasteiger partial charge is 0.374 e. The number of hydrogen-bond donors (Lipinski definition) is 1. The molecule has 0 spiro atoms. The quantitative estimate of drug-likeness (QED) is 0.872. The lowest BCUT2D eigenvalue weighted by atomic mass is 10.3. The number of ether oxygens (including phenoxy) is 1. The lowest BCUT2D eigenvalue weighted by Crippen LogP contribution is -2.29. The summed E-state index contributed by atoms with van der Waals surface area (Å²) in [6.45, 7) is 1.43. The predicted molar refractivity (Wildman–Crippen MR) is 68.6 cm³/mol. The molecule has 20 heavy (non-hydrogen) atoms. The Hall–Kier alpha value is -2.63. The van der Waals surface area contributed by atoms with Gasteiger partial charge in [0.1, 0.15) is 5.82 Å². The maximum atomic E-state index is 12.7. The number of carbonyl (C=O) groups is 2. The molecule has 0 unspecified atom stereocenters. The van der Waals surface area contributed by atoms with Gasteiger partial charge in [-0.2, -0.15) is 0 Å². The average molecular weight is 277 g/mol. The molecule has 6 heteroatoms. The number of esters is 1. The number of furan rings is 1. The highest BCUT2D eigenvalue weighted by atomic mass is 19.1. The van der Waals surface area contributed by atoms with Gasteiger partial charge >= 0.3 is 5.97 Å². The Morgan fingerprint density at radius 2 is 1.95 bits per heavy atom. The molecule has 0 saturated heterocycles. The topological polar surface area (TPSA) is 68.5 Å². The first-order chi connectivity index (χ1) is 9.56. The van der Waals surface area contributed by atoms with Crippen LogP contribution in [0.25, 0.3) is 0 Å². The van der Waals surface area contributed by atoms with Crippen LogP contribution in [0, 0.1) is 5.82 Å². The summed E-state index contributed by atoms with van der Waals surface area (Å²) in [6.07, 6.45) is 0.331. The summed E-state index contributed by atoms with van der Waals surface area (Å²) < 4.78 is 22.5. The molecule has 1 atom stereocenters. The zero-order valence-corrected chi connectivity index (χ0v) is 10.6. The Balaban J connectivity index is 1.92. The molecular weight excluding hydrogens is 265 g/mol. The molecule has 2 aromatic rings. The van der Waals surface area contributed by atoms with Crippen LogP contribution in [0.2, 0.25) is 0 Å². The van der Waals surface area contributed by atoms with Crippen LogP contribution in [0.1, 0.15) is 17.5 Å². The van der Waals surface area contributed by atoms with Crippen LogP contribution >= 0.6 is 0 Å². The number of halogens is 1. The summed E-state index contributed by atoms with van der Waals surface area (Å²) in [5.74, 6) is -1.63. The molecule has 0 radical (unpaired) electrons. The first-order valence-electron chi connectivity index (χ1n) is 5.87. The summed E-state index contributed by atoms with van der Waals surface area (Å²) in [6, 6.07) is 8.24. The van der Waals surface area contributed by atoms with Crippen LogP contribution in [0.4, 0.5) is 10.1 Å². The largest absolute Gasteiger partial charge is 0.457 e. The van der Waals surface area contributed by atoms with Crippen molar-refractivity contribution in [3.8, 4) is 0 Å². The summed E-state index contributed by atoms with van der Waals surface area (Å²) in [5, 5.41) is 2.51. The Morgan fingerprint density at radius 1 is 1.25 bits per heavy atom. The van der Waals surface area contributed by atoms with E-state index in [-0.39, 0.29) is 5.76 Å². The Bertz CT molecular complexity index is 592. The Labute approximate surface area is 114 Å². The molecule has 1 heterocycles. The molecule has 0 bridgehead atoms. The van der Waals surface area contributed by atoms with Gasteiger partial charge in [-0.05, 0) is 43.3 Å². The second-order valence-electron chi connectivity index (χ2n) is 4.02. The van der Waals surface area contributed by atoms with E-state index in [0.29, 0.717) is 5.69 Å². The van der Waals surface area contributed by atoms with E-state index < -0.39 is 23.8 Å². The third-order valence-electron chi connectivity index (χ3n) is 2.49. The number of amides is 1. The number of benzene rings is 1. The van der Waals surface area contributed by atoms with Gasteiger partial charge in [0.05, 0.1) is 6.26 Å². The zero-order valence-electron chi connectivity index (χ0n) is 10.6. The lowest BCUT2D eigenvalue weighted by Gasteiger charge is -2.12. The van der Waals surface area contributed by atoms with E-state index >= 15 is 0 Å². The minimum absolute atomic E-state index is 0.0198. The molecule has 0 aliphatic carbocycles. The van der Waals surface area contributed by atoms with Crippen LogP contribution in [0.15, 0.2) is 47.1 Å². The molecule has 1 aromatic carbocycles. The fraction of sp³-hybridized carbons (Fsp3) is 0.143. The average Bonchev–Trinajstić information content (AvgIpc) is 2.95. The molecule has 1 amide bonds. The number of nitrogens with one attached hydrogen (secondary N) is 1. The van der Waals surface area contributed by atoms with Gasteiger partial charge < -0.3 is 14.5 Å². The first-order valence-corrected chi connectivity index (χ1v) is 5.87. The maximum Gasteiger partial charge on any atom is 0.374 e. The predicted octanol–water partition coefficient (Wildman–Crippen LogP) is 2.60. The molecule has 0 aliphatic heterocycles. The molecule has 2 rings (SSSR count). The molecule has 0 saturated carbocycles. The van der Waals surface area contributed by atoms with Gasteiger partial charge in [0, 0.05) is 5.69 Å². The first kappa shape index (κ1) is 13.8. The van der Waals surface area contributed by atoms with Gasteiger partial charge in [0.15, 0.2) is 6.10 Å². The fourth-order valence-electron chi connectivity index (χ4n) is 1.44. The van der Waals surface area contributed by atoms with Gasteiger partial charge in [-0.15, -0.1) is 0 Å². The number of hydrogen-bond acceptors (Lipinski definition) is 4. The maximum absolute atomic E-state index is 12.7. The van der Waals surface area contributed by atoms with Crippen LogP contribution in [-0.2, 0) is 9.53 Å². The van der Waals surface area contributed by atoms with E-state index in [2.05, 4.69) is 5.32 Å². The van der Waals surface area contributed by atoms with Crippen LogP contribution in [0.3, 0.4) is 0 Å². The molecule has 5 nitrogen and oxygen atoms in total. The molecule has 0 fully saturated rings. The normalized spacial score (nSPS) is 11.7. The highest BCUT2D eigenvalue weighted by molar-refractivity contribution is 5.96. The van der Waals surface area contributed by atoms with E-state index in [4.69, 9.17) is 9.15 Å². The van der Waals surface area contributed by atoms with E-state index in [9.17, 15) is 14.0 Å². The van der Waals surface area contributed by atoms with Gasteiger partial charge in [-0.25, -0.2) is 9.18 Å². The number of anilines is 1. The third-order valence-corrected chi connectivity index (χ3v) is 2.49. The molecule has 104 valence electrons. The second kappa shape index (κ2) is 6.01. The monoisotopic (exact) mass is 277 g/mol. The van der Waals surface area contributed by atoms with Crippen molar-refractivity contribution in [2.45, 2.75) is 13.0 Å². The van der Waals surface area contributed by atoms with Crippen LogP contribution < -0.4 is 5.32 Å². The second-order valence-corrected chi connectivity index (χ2v) is 4.02. The van der Waals surface area contributed by atoms with Gasteiger partial charge in [-0.1, -0.05) is 0 Å². The standard InChI is InChI=1S/C14H12FNO4/c1-9(20-14(18)12-3-2-8-19-12)13(17)16-11-6-4-10(15)5-7-11/h2-9H,1H3,(H,16,17)/t9-/m1/s1. The van der Waals surface area contributed by atoms with Gasteiger partial charge in [0.2, 0.25) is 5.76 Å².